The second kappa shape index (κ2) is 13.7. The number of aliphatic hydroxyl groups excluding tert-OH is 2. The fourth-order valence-electron chi connectivity index (χ4n) is 7.05. The minimum absolute atomic E-state index is 0.0906. The van der Waals surface area contributed by atoms with Crippen molar-refractivity contribution in [3.05, 3.63) is 77.5 Å². The Bertz CT molecular complexity index is 2130. The van der Waals surface area contributed by atoms with Crippen LogP contribution in [0, 0.1) is 24.0 Å². The number of halogens is 3. The number of terminal acetylenes is 1. The Balaban J connectivity index is 1.40. The number of ether oxygens (including phenoxy) is 3. The van der Waals surface area contributed by atoms with Gasteiger partial charge in [-0.3, -0.25) is 4.90 Å². The molecule has 2 aliphatic heterocycles. The Morgan fingerprint density at radius 2 is 2.02 bits per heavy atom. The van der Waals surface area contributed by atoms with Crippen LogP contribution in [0.4, 0.5) is 24.7 Å². The van der Waals surface area contributed by atoms with E-state index in [1.807, 2.05) is 0 Å². The third kappa shape index (κ3) is 6.16. The minimum atomic E-state index is -1.13. The molecule has 2 aliphatic rings. The molecule has 0 radical (unpaired) electrons. The van der Waals surface area contributed by atoms with Crippen molar-refractivity contribution in [2.45, 2.75) is 37.1 Å². The van der Waals surface area contributed by atoms with E-state index in [1.165, 1.54) is 31.5 Å². The zero-order valence-electron chi connectivity index (χ0n) is 27.1. The van der Waals surface area contributed by atoms with Crippen LogP contribution >= 0.6 is 0 Å². The average molecular weight is 686 g/mol. The molecule has 0 spiro atoms. The topological polar surface area (TPSA) is 122 Å². The summed E-state index contributed by atoms with van der Waals surface area (Å²) in [6, 6.07) is 12.4. The van der Waals surface area contributed by atoms with Crippen LogP contribution in [0.5, 0.6) is 11.8 Å². The summed E-state index contributed by atoms with van der Waals surface area (Å²) in [5.41, 5.74) is 0.0841. The molecular weight excluding hydrogens is 651 g/mol. The number of fused-ring (bicyclic) bond motifs is 3. The molecule has 2 aromatic heterocycles. The van der Waals surface area contributed by atoms with Gasteiger partial charge in [-0.05, 0) is 60.7 Å². The number of pyridine rings is 1. The van der Waals surface area contributed by atoms with Crippen molar-refractivity contribution < 1.29 is 37.6 Å². The molecule has 1 unspecified atom stereocenters. The predicted molar refractivity (Wildman–Crippen MR) is 181 cm³/mol. The quantitative estimate of drug-likeness (QED) is 0.116. The number of nitrogens with zero attached hydrogens (tertiary/aromatic N) is 4. The minimum Gasteiger partial charge on any atom is -0.468 e. The van der Waals surface area contributed by atoms with Crippen molar-refractivity contribution in [3.8, 4) is 35.4 Å². The molecule has 0 amide bonds. The third-order valence-electron chi connectivity index (χ3n) is 9.38. The number of rotatable bonds is 11. The van der Waals surface area contributed by atoms with Crippen molar-refractivity contribution in [2.75, 3.05) is 45.5 Å². The first-order valence-corrected chi connectivity index (χ1v) is 16.1. The van der Waals surface area contributed by atoms with E-state index in [0.717, 1.165) is 19.4 Å². The number of alkyl halides is 1. The highest BCUT2D eigenvalue weighted by Gasteiger charge is 2.49. The van der Waals surface area contributed by atoms with Crippen LogP contribution < -0.4 is 14.8 Å². The van der Waals surface area contributed by atoms with Crippen molar-refractivity contribution in [1.82, 2.24) is 19.9 Å². The Morgan fingerprint density at radius 3 is 2.82 bits per heavy atom. The maximum absolute atomic E-state index is 17.0. The van der Waals surface area contributed by atoms with Gasteiger partial charge in [0.25, 0.3) is 0 Å². The summed E-state index contributed by atoms with van der Waals surface area (Å²) in [6.45, 7) is 0.658. The maximum Gasteiger partial charge on any atom is 0.317 e. The van der Waals surface area contributed by atoms with Crippen LogP contribution in [-0.4, -0.2) is 82.0 Å². The zero-order chi connectivity index (χ0) is 35.0. The van der Waals surface area contributed by atoms with E-state index in [-0.39, 0.29) is 58.3 Å². The maximum atomic E-state index is 17.0. The zero-order valence-corrected chi connectivity index (χ0v) is 27.1. The van der Waals surface area contributed by atoms with E-state index in [2.05, 4.69) is 31.1 Å². The summed E-state index contributed by atoms with van der Waals surface area (Å²) in [4.78, 5) is 15.6. The highest BCUT2D eigenvalue weighted by atomic mass is 19.1. The lowest BCUT2D eigenvalue weighted by molar-refractivity contribution is 0.0512. The van der Waals surface area contributed by atoms with E-state index in [0.29, 0.717) is 35.4 Å². The first-order chi connectivity index (χ1) is 24.2. The molecule has 13 heteroatoms. The van der Waals surface area contributed by atoms with Gasteiger partial charge in [0, 0.05) is 42.9 Å². The molecule has 0 aliphatic carbocycles. The highest BCUT2D eigenvalue weighted by molar-refractivity contribution is 6.03. The van der Waals surface area contributed by atoms with Gasteiger partial charge in [0.05, 0.1) is 23.1 Å². The standard InChI is InChI=1S/C37H34F3N5O5/c1-3-26-29(39)9-8-22-13-25(50-20-48-2)14-27(31(22)26)33-32(40)34-28(35(43-33)42-24-7-4-6-21(12-24)30(47)18-46)16-41-36(44-34)49-19-37-10-5-11-45(37)17-23(38)15-37/h1,4,6-9,12-14,16,23,30,46-47H,5,10-11,15,17-20H2,2H3,(H,42,43)/t23-,30?,37+/m1/s1. The smallest absolute Gasteiger partial charge is 0.317 e. The normalized spacial score (nSPS) is 19.4. The molecule has 7 rings (SSSR count). The van der Waals surface area contributed by atoms with Gasteiger partial charge < -0.3 is 29.7 Å². The van der Waals surface area contributed by atoms with Gasteiger partial charge in [0.15, 0.2) is 12.6 Å². The van der Waals surface area contributed by atoms with E-state index in [1.54, 1.807) is 30.3 Å². The van der Waals surface area contributed by atoms with Crippen LogP contribution in [0.25, 0.3) is 32.9 Å². The van der Waals surface area contributed by atoms with Gasteiger partial charge in [-0.25, -0.2) is 23.1 Å². The lowest BCUT2D eigenvalue weighted by atomic mass is 9.95. The summed E-state index contributed by atoms with van der Waals surface area (Å²) < 4.78 is 63.3. The van der Waals surface area contributed by atoms with Crippen molar-refractivity contribution in [1.29, 1.82) is 0 Å². The first-order valence-electron chi connectivity index (χ1n) is 16.1. The number of aliphatic hydroxyl groups is 2. The lowest BCUT2D eigenvalue weighted by Crippen LogP contribution is -2.43. The van der Waals surface area contributed by atoms with Gasteiger partial charge in [0.2, 0.25) is 0 Å². The number of hydrogen-bond donors (Lipinski definition) is 3. The van der Waals surface area contributed by atoms with Crippen molar-refractivity contribution >= 4 is 33.2 Å². The van der Waals surface area contributed by atoms with Crippen molar-refractivity contribution in [2.24, 2.45) is 0 Å². The molecule has 258 valence electrons. The number of nitrogens with one attached hydrogen (secondary N) is 1. The van der Waals surface area contributed by atoms with Crippen LogP contribution in [0.2, 0.25) is 0 Å². The van der Waals surface area contributed by atoms with E-state index >= 15 is 8.78 Å². The number of aromatic nitrogens is 3. The SMILES string of the molecule is C#Cc1c(F)ccc2cc(OCOC)cc(-c3nc(Nc4cccc(C(O)CO)c4)c4cnc(OC[C@@]56CCCN5C[C@H](F)C6)nc4c3F)c12. The van der Waals surface area contributed by atoms with Gasteiger partial charge >= 0.3 is 6.01 Å². The fraction of sp³-hybridized carbons (Fsp3) is 0.324. The number of anilines is 2. The lowest BCUT2D eigenvalue weighted by Gasteiger charge is -2.30. The van der Waals surface area contributed by atoms with Crippen LogP contribution in [-0.2, 0) is 4.74 Å². The van der Waals surface area contributed by atoms with E-state index in [4.69, 9.17) is 20.6 Å². The predicted octanol–water partition coefficient (Wildman–Crippen LogP) is 5.81. The molecule has 4 heterocycles. The third-order valence-corrected chi connectivity index (χ3v) is 9.38. The second-order valence-corrected chi connectivity index (χ2v) is 12.5. The fourth-order valence-corrected chi connectivity index (χ4v) is 7.05. The van der Waals surface area contributed by atoms with Gasteiger partial charge in [-0.2, -0.15) is 4.98 Å². The summed E-state index contributed by atoms with van der Waals surface area (Å²) in [5, 5.41) is 23.8. The van der Waals surface area contributed by atoms with Crippen LogP contribution in [0.1, 0.15) is 36.5 Å². The van der Waals surface area contributed by atoms with Gasteiger partial charge in [-0.1, -0.05) is 24.1 Å². The van der Waals surface area contributed by atoms with Crippen molar-refractivity contribution in [3.63, 3.8) is 0 Å². The highest BCUT2D eigenvalue weighted by Crippen LogP contribution is 2.42. The second-order valence-electron chi connectivity index (χ2n) is 12.5. The molecule has 0 saturated carbocycles. The van der Waals surface area contributed by atoms with Crippen LogP contribution in [0.3, 0.4) is 0 Å². The molecule has 2 fully saturated rings. The number of benzene rings is 3. The molecule has 50 heavy (non-hydrogen) atoms. The molecule has 5 aromatic rings. The Kier molecular flexibility index (Phi) is 9.19. The average Bonchev–Trinajstić information content (AvgIpc) is 3.66. The summed E-state index contributed by atoms with van der Waals surface area (Å²) >= 11 is 0. The van der Waals surface area contributed by atoms with Gasteiger partial charge in [-0.15, -0.1) is 6.42 Å². The molecule has 10 nitrogen and oxygen atoms in total. The Labute approximate surface area is 285 Å². The molecule has 0 bridgehead atoms. The van der Waals surface area contributed by atoms with E-state index < -0.39 is 36.1 Å². The number of hydrogen-bond acceptors (Lipinski definition) is 10. The summed E-state index contributed by atoms with van der Waals surface area (Å²) in [6.07, 6.45) is 7.10. The van der Waals surface area contributed by atoms with E-state index in [9.17, 15) is 14.6 Å². The molecular formula is C37H34F3N5O5. The van der Waals surface area contributed by atoms with Gasteiger partial charge in [0.1, 0.15) is 47.5 Å². The van der Waals surface area contributed by atoms with Crippen LogP contribution in [0.15, 0.2) is 54.7 Å². The number of methoxy groups -OCH3 is 1. The molecule has 3 atom stereocenters. The Hall–Kier alpha value is -5.00. The monoisotopic (exact) mass is 685 g/mol. The first kappa shape index (κ1) is 33.5. The molecule has 3 aromatic carbocycles. The largest absolute Gasteiger partial charge is 0.468 e. The molecule has 2 saturated heterocycles. The molecule has 3 N–H and O–H groups in total. The Morgan fingerprint density at radius 1 is 1.16 bits per heavy atom. The summed E-state index contributed by atoms with van der Waals surface area (Å²) in [5.74, 6) is 1.28. The summed E-state index contributed by atoms with van der Waals surface area (Å²) in [7, 11) is 1.46.